The normalized spacial score (nSPS) is 30.2. The third-order valence-electron chi connectivity index (χ3n) is 3.58. The maximum absolute atomic E-state index is 3.59. The highest BCUT2D eigenvalue weighted by molar-refractivity contribution is 5.15. The van der Waals surface area contributed by atoms with Crippen LogP contribution >= 0.6 is 0 Å². The third kappa shape index (κ3) is 2.12. The van der Waals surface area contributed by atoms with Crippen LogP contribution in [0.3, 0.4) is 0 Å². The largest absolute Gasteiger partial charge is 0.310 e. The monoisotopic (exact) mass is 217 g/mol. The second kappa shape index (κ2) is 4.53. The van der Waals surface area contributed by atoms with E-state index < -0.39 is 0 Å². The summed E-state index contributed by atoms with van der Waals surface area (Å²) in [5.74, 6) is 0. The van der Waals surface area contributed by atoms with Gasteiger partial charge in [0.2, 0.25) is 0 Å². The predicted octanol–water partition coefficient (Wildman–Crippen LogP) is 0.432. The molecule has 2 N–H and O–H groups in total. The van der Waals surface area contributed by atoms with Crippen LogP contribution in [-0.4, -0.2) is 43.2 Å². The quantitative estimate of drug-likeness (QED) is 0.752. The van der Waals surface area contributed by atoms with Gasteiger partial charge in [-0.05, 0) is 5.56 Å². The molecule has 0 amide bonds. The summed E-state index contributed by atoms with van der Waals surface area (Å²) in [4.78, 5) is 2.54. The average Bonchev–Trinajstić information content (AvgIpc) is 2.72. The Morgan fingerprint density at radius 3 is 2.25 bits per heavy atom. The van der Waals surface area contributed by atoms with Crippen LogP contribution in [0, 0.1) is 0 Å². The maximum atomic E-state index is 3.59. The van der Waals surface area contributed by atoms with Gasteiger partial charge in [-0.1, -0.05) is 30.3 Å². The summed E-state index contributed by atoms with van der Waals surface area (Å²) in [5, 5.41) is 7.19. The van der Waals surface area contributed by atoms with Gasteiger partial charge in [-0.2, -0.15) is 0 Å². The van der Waals surface area contributed by atoms with Crippen molar-refractivity contribution in [1.29, 1.82) is 0 Å². The van der Waals surface area contributed by atoms with E-state index >= 15 is 0 Å². The minimum absolute atomic E-state index is 0.650. The van der Waals surface area contributed by atoms with Crippen molar-refractivity contribution < 1.29 is 0 Å². The molecule has 0 saturated carbocycles. The Hall–Kier alpha value is -0.900. The molecule has 0 aromatic heterocycles. The van der Waals surface area contributed by atoms with E-state index in [0.717, 1.165) is 19.6 Å². The maximum Gasteiger partial charge on any atom is 0.0362 e. The molecule has 16 heavy (non-hydrogen) atoms. The van der Waals surface area contributed by atoms with Crippen molar-refractivity contribution in [3.8, 4) is 0 Å². The Labute approximate surface area is 96.8 Å². The molecule has 0 unspecified atom stereocenters. The number of benzene rings is 1. The van der Waals surface area contributed by atoms with E-state index in [0.29, 0.717) is 12.1 Å². The SMILES string of the molecule is c1ccc(CN2C[C@H]3NCCN[C@@H]3C2)cc1. The number of piperazine rings is 1. The van der Waals surface area contributed by atoms with E-state index in [1.165, 1.54) is 18.7 Å². The molecule has 2 aliphatic rings. The summed E-state index contributed by atoms with van der Waals surface area (Å²) in [6.07, 6.45) is 0. The number of likely N-dealkylation sites (tertiary alicyclic amines) is 1. The van der Waals surface area contributed by atoms with Crippen LogP contribution in [0.1, 0.15) is 5.56 Å². The number of fused-ring (bicyclic) bond motifs is 1. The van der Waals surface area contributed by atoms with Gasteiger partial charge in [-0.25, -0.2) is 0 Å². The predicted molar refractivity (Wildman–Crippen MR) is 65.3 cm³/mol. The molecule has 0 radical (unpaired) electrons. The number of rotatable bonds is 2. The number of nitrogens with one attached hydrogen (secondary N) is 2. The topological polar surface area (TPSA) is 27.3 Å². The van der Waals surface area contributed by atoms with Crippen LogP contribution in [0.2, 0.25) is 0 Å². The molecule has 86 valence electrons. The minimum Gasteiger partial charge on any atom is -0.310 e. The van der Waals surface area contributed by atoms with E-state index in [9.17, 15) is 0 Å². The number of hydrogen-bond donors (Lipinski definition) is 2. The van der Waals surface area contributed by atoms with E-state index in [4.69, 9.17) is 0 Å². The molecule has 0 spiro atoms. The summed E-state index contributed by atoms with van der Waals surface area (Å²) >= 11 is 0. The van der Waals surface area contributed by atoms with Gasteiger partial charge in [0.15, 0.2) is 0 Å². The molecule has 2 atom stereocenters. The first kappa shape index (κ1) is 10.3. The van der Waals surface area contributed by atoms with Gasteiger partial charge in [-0.15, -0.1) is 0 Å². The van der Waals surface area contributed by atoms with Gasteiger partial charge in [-0.3, -0.25) is 4.90 Å². The first-order valence-corrected chi connectivity index (χ1v) is 6.15. The first-order chi connectivity index (χ1) is 7.92. The molecule has 3 nitrogen and oxygen atoms in total. The van der Waals surface area contributed by atoms with E-state index in [2.05, 4.69) is 45.9 Å². The van der Waals surface area contributed by atoms with Gasteiger partial charge in [0.1, 0.15) is 0 Å². The van der Waals surface area contributed by atoms with Gasteiger partial charge in [0.25, 0.3) is 0 Å². The molecule has 2 heterocycles. The van der Waals surface area contributed by atoms with E-state index in [1.54, 1.807) is 0 Å². The fraction of sp³-hybridized carbons (Fsp3) is 0.538. The molecule has 1 aromatic rings. The highest BCUT2D eigenvalue weighted by atomic mass is 15.3. The Morgan fingerprint density at radius 1 is 1.00 bits per heavy atom. The molecule has 2 aliphatic heterocycles. The van der Waals surface area contributed by atoms with Gasteiger partial charge < -0.3 is 10.6 Å². The molecule has 0 aliphatic carbocycles. The number of hydrogen-bond acceptors (Lipinski definition) is 3. The van der Waals surface area contributed by atoms with Crippen LogP contribution < -0.4 is 10.6 Å². The molecular weight excluding hydrogens is 198 g/mol. The van der Waals surface area contributed by atoms with Gasteiger partial charge in [0, 0.05) is 44.8 Å². The van der Waals surface area contributed by atoms with Crippen LogP contribution in [-0.2, 0) is 6.54 Å². The van der Waals surface area contributed by atoms with Crippen molar-refractivity contribution in [1.82, 2.24) is 15.5 Å². The Kier molecular flexibility index (Phi) is 2.91. The van der Waals surface area contributed by atoms with Crippen molar-refractivity contribution in [2.75, 3.05) is 26.2 Å². The fourth-order valence-electron chi connectivity index (χ4n) is 2.78. The molecule has 1 aromatic carbocycles. The highest BCUT2D eigenvalue weighted by Crippen LogP contribution is 2.15. The minimum atomic E-state index is 0.650. The van der Waals surface area contributed by atoms with E-state index in [-0.39, 0.29) is 0 Å². The Bertz CT molecular complexity index is 324. The average molecular weight is 217 g/mol. The Balaban J connectivity index is 1.61. The van der Waals surface area contributed by atoms with Crippen molar-refractivity contribution >= 4 is 0 Å². The summed E-state index contributed by atoms with van der Waals surface area (Å²) in [7, 11) is 0. The lowest BCUT2D eigenvalue weighted by atomic mass is 10.1. The van der Waals surface area contributed by atoms with Crippen LogP contribution in [0.15, 0.2) is 30.3 Å². The molecule has 3 rings (SSSR count). The smallest absolute Gasteiger partial charge is 0.0362 e. The molecular formula is C13H19N3. The molecule has 2 saturated heterocycles. The molecule has 2 fully saturated rings. The summed E-state index contributed by atoms with van der Waals surface area (Å²) in [6, 6.07) is 12.0. The van der Waals surface area contributed by atoms with Crippen LogP contribution in [0.4, 0.5) is 0 Å². The summed E-state index contributed by atoms with van der Waals surface area (Å²) in [5.41, 5.74) is 1.42. The summed E-state index contributed by atoms with van der Waals surface area (Å²) < 4.78 is 0. The summed E-state index contributed by atoms with van der Waals surface area (Å²) in [6.45, 7) is 5.65. The zero-order valence-electron chi connectivity index (χ0n) is 9.52. The standard InChI is InChI=1S/C13H19N3/c1-2-4-11(5-3-1)8-16-9-12-13(10-16)15-7-6-14-12/h1-5,12-15H,6-10H2/t12-,13-/m1/s1. The second-order valence-electron chi connectivity index (χ2n) is 4.80. The number of nitrogens with zero attached hydrogens (tertiary/aromatic N) is 1. The zero-order chi connectivity index (χ0) is 10.8. The molecule has 0 bridgehead atoms. The van der Waals surface area contributed by atoms with Crippen molar-refractivity contribution in [3.05, 3.63) is 35.9 Å². The van der Waals surface area contributed by atoms with Crippen LogP contribution in [0.5, 0.6) is 0 Å². The van der Waals surface area contributed by atoms with Crippen molar-refractivity contribution in [3.63, 3.8) is 0 Å². The van der Waals surface area contributed by atoms with Gasteiger partial charge >= 0.3 is 0 Å². The zero-order valence-corrected chi connectivity index (χ0v) is 9.52. The fourth-order valence-corrected chi connectivity index (χ4v) is 2.78. The van der Waals surface area contributed by atoms with Crippen LogP contribution in [0.25, 0.3) is 0 Å². The highest BCUT2D eigenvalue weighted by Gasteiger charge is 2.33. The lowest BCUT2D eigenvalue weighted by Gasteiger charge is -2.26. The lowest BCUT2D eigenvalue weighted by molar-refractivity contribution is 0.320. The van der Waals surface area contributed by atoms with Gasteiger partial charge in [0.05, 0.1) is 0 Å². The Morgan fingerprint density at radius 2 is 1.62 bits per heavy atom. The third-order valence-corrected chi connectivity index (χ3v) is 3.58. The van der Waals surface area contributed by atoms with E-state index in [1.807, 2.05) is 0 Å². The molecule has 3 heteroatoms. The van der Waals surface area contributed by atoms with Crippen molar-refractivity contribution in [2.24, 2.45) is 0 Å². The lowest BCUT2D eigenvalue weighted by Crippen LogP contribution is -2.55. The van der Waals surface area contributed by atoms with Crippen molar-refractivity contribution in [2.45, 2.75) is 18.6 Å². The second-order valence-corrected chi connectivity index (χ2v) is 4.80. The first-order valence-electron chi connectivity index (χ1n) is 6.15.